The molecule has 0 aliphatic heterocycles. The number of aliphatic hydroxyl groups excluding tert-OH is 1. The molecule has 11 heteroatoms. The van der Waals surface area contributed by atoms with Gasteiger partial charge in [-0.15, -0.1) is 0 Å². The summed E-state index contributed by atoms with van der Waals surface area (Å²) in [5.41, 5.74) is -1.74. The van der Waals surface area contributed by atoms with Crippen molar-refractivity contribution in [2.24, 2.45) is 5.92 Å². The number of benzene rings is 1. The van der Waals surface area contributed by atoms with Gasteiger partial charge in [0, 0.05) is 23.2 Å². The maximum Gasteiger partial charge on any atom is 0.482 e. The first kappa shape index (κ1) is 19.0. The number of fused-ring (bicyclic) bond motifs is 1. The minimum absolute atomic E-state index is 0.241. The van der Waals surface area contributed by atoms with Gasteiger partial charge >= 0.3 is 12.5 Å². The number of nitrogens with one attached hydrogen (secondary N) is 1. The number of anilines is 1. The fourth-order valence-electron chi connectivity index (χ4n) is 3.16. The third kappa shape index (κ3) is 3.53. The Morgan fingerprint density at radius 3 is 2.23 bits per heavy atom. The van der Waals surface area contributed by atoms with Crippen LogP contribution in [-0.4, -0.2) is 29.6 Å². The fourth-order valence-corrected chi connectivity index (χ4v) is 3.16. The summed E-state index contributed by atoms with van der Waals surface area (Å²) in [5, 5.41) is 10.8. The van der Waals surface area contributed by atoms with E-state index in [4.69, 9.17) is 4.74 Å². The van der Waals surface area contributed by atoms with Crippen LogP contribution in [0.25, 0.3) is 0 Å². The van der Waals surface area contributed by atoms with Gasteiger partial charge < -0.3 is 9.84 Å². The predicted octanol–water partition coefficient (Wildman–Crippen LogP) is 4.56. The topological polar surface area (TPSA) is 41.5 Å². The molecule has 3 rings (SSSR count). The number of hydrogen-bond donors (Lipinski definition) is 2. The lowest BCUT2D eigenvalue weighted by atomic mass is 9.81. The molecule has 26 heavy (non-hydrogen) atoms. The number of hydrogen-bond acceptors (Lipinski definition) is 3. The van der Waals surface area contributed by atoms with Crippen LogP contribution in [0.3, 0.4) is 0 Å². The number of alkyl halides is 8. The van der Waals surface area contributed by atoms with Crippen LogP contribution in [0.2, 0.25) is 0 Å². The second-order valence-corrected chi connectivity index (χ2v) is 6.42. The zero-order chi connectivity index (χ0) is 19.5. The molecule has 1 atom stereocenters. The van der Waals surface area contributed by atoms with Gasteiger partial charge in [-0.25, -0.2) is 8.78 Å². The molecule has 2 aliphatic rings. The van der Waals surface area contributed by atoms with E-state index in [1.54, 1.807) is 0 Å². The highest BCUT2D eigenvalue weighted by atomic mass is 19.4. The Balaban J connectivity index is 1.85. The lowest BCUT2D eigenvalue weighted by Crippen LogP contribution is -2.42. The number of aliphatic hydroxyl groups is 1. The Bertz CT molecular complexity index is 694. The Hall–Kier alpha value is -1.78. The van der Waals surface area contributed by atoms with Crippen LogP contribution < -0.4 is 10.1 Å². The molecule has 0 saturated heterocycles. The van der Waals surface area contributed by atoms with Crippen molar-refractivity contribution in [1.82, 2.24) is 0 Å². The molecular weight excluding hydrogens is 378 g/mol. The van der Waals surface area contributed by atoms with E-state index in [0.717, 1.165) is 17.4 Å². The van der Waals surface area contributed by atoms with Gasteiger partial charge in [-0.2, -0.15) is 26.3 Å². The van der Waals surface area contributed by atoms with Crippen LogP contribution in [-0.2, 0) is 6.42 Å². The van der Waals surface area contributed by atoms with E-state index in [-0.39, 0.29) is 24.2 Å². The maximum absolute atomic E-state index is 13.8. The summed E-state index contributed by atoms with van der Waals surface area (Å²) in [6.07, 6.45) is -14.4. The third-order valence-electron chi connectivity index (χ3n) is 4.53. The molecule has 1 fully saturated rings. The molecule has 0 aromatic heterocycles. The molecule has 146 valence electrons. The largest absolute Gasteiger partial charge is 0.490 e. The summed E-state index contributed by atoms with van der Waals surface area (Å²) in [6.45, 7) is 0. The quantitative estimate of drug-likeness (QED) is 0.586. The van der Waals surface area contributed by atoms with Gasteiger partial charge in [-0.1, -0.05) is 0 Å². The first-order chi connectivity index (χ1) is 11.8. The Morgan fingerprint density at radius 1 is 1.08 bits per heavy atom. The SMILES string of the molecule is OC1c2c(NC(F)(F)F)ccc(OC3CC(C(F)(F)F)C3)c2CC1(F)F. The van der Waals surface area contributed by atoms with Gasteiger partial charge in [0.2, 0.25) is 0 Å². The molecule has 0 spiro atoms. The first-order valence-corrected chi connectivity index (χ1v) is 7.58. The number of ether oxygens (including phenoxy) is 1. The molecule has 0 heterocycles. The maximum atomic E-state index is 13.8. The van der Waals surface area contributed by atoms with Crippen molar-refractivity contribution < 1.29 is 45.0 Å². The molecule has 1 unspecified atom stereocenters. The highest BCUT2D eigenvalue weighted by Gasteiger charge is 2.52. The standard InChI is InChI=1S/C15H13F8NO2/c16-13(17)5-8-10(26-7-3-6(4-7)14(18,19)20)2-1-9(11(8)12(13)25)24-15(21,22)23/h1-2,6-7,12,24-25H,3-5H2. The Kier molecular flexibility index (Phi) is 4.28. The second kappa shape index (κ2) is 5.86. The van der Waals surface area contributed by atoms with Crippen LogP contribution in [0.5, 0.6) is 5.75 Å². The van der Waals surface area contributed by atoms with Gasteiger partial charge in [0.25, 0.3) is 5.92 Å². The van der Waals surface area contributed by atoms with Crippen molar-refractivity contribution in [2.75, 3.05) is 5.32 Å². The summed E-state index contributed by atoms with van der Waals surface area (Å²) in [4.78, 5) is 0. The van der Waals surface area contributed by atoms with E-state index in [1.165, 1.54) is 0 Å². The molecule has 1 saturated carbocycles. The van der Waals surface area contributed by atoms with Crippen molar-refractivity contribution in [3.63, 3.8) is 0 Å². The van der Waals surface area contributed by atoms with Gasteiger partial charge in [0.15, 0.2) is 0 Å². The fraction of sp³-hybridized carbons (Fsp3) is 0.600. The van der Waals surface area contributed by atoms with Crippen molar-refractivity contribution >= 4 is 5.69 Å². The van der Waals surface area contributed by atoms with Crippen LogP contribution in [0.4, 0.5) is 40.8 Å². The van der Waals surface area contributed by atoms with E-state index < -0.39 is 54.2 Å². The minimum atomic E-state index is -4.92. The van der Waals surface area contributed by atoms with Gasteiger partial charge in [0.05, 0.1) is 12.0 Å². The van der Waals surface area contributed by atoms with Crippen molar-refractivity contribution in [3.8, 4) is 5.75 Å². The summed E-state index contributed by atoms with van der Waals surface area (Å²) in [6, 6.07) is 1.80. The average molecular weight is 391 g/mol. The van der Waals surface area contributed by atoms with Gasteiger partial charge in [-0.05, 0) is 25.0 Å². The van der Waals surface area contributed by atoms with Crippen molar-refractivity contribution in [3.05, 3.63) is 23.3 Å². The smallest absolute Gasteiger partial charge is 0.482 e. The molecule has 0 radical (unpaired) electrons. The lowest BCUT2D eigenvalue weighted by molar-refractivity contribution is -0.210. The second-order valence-electron chi connectivity index (χ2n) is 6.42. The highest BCUT2D eigenvalue weighted by molar-refractivity contribution is 5.63. The normalized spacial score (nSPS) is 27.7. The molecule has 2 aliphatic carbocycles. The van der Waals surface area contributed by atoms with Crippen molar-refractivity contribution in [1.29, 1.82) is 0 Å². The first-order valence-electron chi connectivity index (χ1n) is 7.58. The van der Waals surface area contributed by atoms with Crippen LogP contribution in [0.1, 0.15) is 30.1 Å². The van der Waals surface area contributed by atoms with E-state index in [1.807, 2.05) is 0 Å². The van der Waals surface area contributed by atoms with Gasteiger partial charge in [-0.3, -0.25) is 5.32 Å². The lowest BCUT2D eigenvalue weighted by Gasteiger charge is -2.36. The summed E-state index contributed by atoms with van der Waals surface area (Å²) in [5.74, 6) is -5.51. The van der Waals surface area contributed by atoms with E-state index >= 15 is 0 Å². The zero-order valence-electron chi connectivity index (χ0n) is 12.9. The molecular formula is C15H13F8NO2. The minimum Gasteiger partial charge on any atom is -0.490 e. The average Bonchev–Trinajstić information content (AvgIpc) is 2.64. The number of rotatable bonds is 3. The molecule has 1 aromatic carbocycles. The molecule has 2 N–H and O–H groups in total. The van der Waals surface area contributed by atoms with Gasteiger partial charge in [0.1, 0.15) is 11.9 Å². The molecule has 1 aromatic rings. The Morgan fingerprint density at radius 2 is 1.69 bits per heavy atom. The summed E-state index contributed by atoms with van der Waals surface area (Å²) in [7, 11) is 0. The zero-order valence-corrected chi connectivity index (χ0v) is 12.9. The van der Waals surface area contributed by atoms with Crippen LogP contribution in [0.15, 0.2) is 12.1 Å². The summed E-state index contributed by atoms with van der Waals surface area (Å²) >= 11 is 0. The third-order valence-corrected chi connectivity index (χ3v) is 4.53. The highest BCUT2D eigenvalue weighted by Crippen LogP contribution is 2.51. The predicted molar refractivity (Wildman–Crippen MR) is 72.9 cm³/mol. The Labute approximate surface area is 141 Å². The van der Waals surface area contributed by atoms with E-state index in [9.17, 15) is 40.2 Å². The molecule has 3 nitrogen and oxygen atoms in total. The molecule has 0 amide bonds. The van der Waals surface area contributed by atoms with Crippen molar-refractivity contribution in [2.45, 2.75) is 49.9 Å². The molecule has 0 bridgehead atoms. The van der Waals surface area contributed by atoms with E-state index in [2.05, 4.69) is 0 Å². The van der Waals surface area contributed by atoms with Crippen LogP contribution in [0, 0.1) is 5.92 Å². The summed E-state index contributed by atoms with van der Waals surface area (Å²) < 4.78 is 108. The monoisotopic (exact) mass is 391 g/mol. The van der Waals surface area contributed by atoms with E-state index in [0.29, 0.717) is 0 Å². The van der Waals surface area contributed by atoms with Crippen LogP contribution >= 0.6 is 0 Å². The number of halogens is 8.